The first kappa shape index (κ1) is 15.0. The van der Waals surface area contributed by atoms with Gasteiger partial charge in [-0.3, -0.25) is 4.79 Å². The highest BCUT2D eigenvalue weighted by atomic mass is 16.4. The molecule has 104 valence electrons. The molecule has 0 heterocycles. The van der Waals surface area contributed by atoms with Crippen molar-refractivity contribution in [3.8, 4) is 0 Å². The van der Waals surface area contributed by atoms with Crippen LogP contribution in [0.15, 0.2) is 0 Å². The Labute approximate surface area is 109 Å². The van der Waals surface area contributed by atoms with Crippen molar-refractivity contribution in [1.82, 2.24) is 4.90 Å². The highest BCUT2D eigenvalue weighted by molar-refractivity contribution is 5.83. The monoisotopic (exact) mass is 254 g/mol. The van der Waals surface area contributed by atoms with Crippen LogP contribution in [0.25, 0.3) is 0 Å². The Morgan fingerprint density at radius 3 is 2.06 bits per heavy atom. The molecule has 1 amide bonds. The van der Waals surface area contributed by atoms with E-state index in [4.69, 9.17) is 0 Å². The number of aliphatic carboxylic acids is 1. The van der Waals surface area contributed by atoms with Crippen molar-refractivity contribution in [2.24, 2.45) is 16.7 Å². The summed E-state index contributed by atoms with van der Waals surface area (Å²) in [5.74, 6) is -1.18. The molecule has 0 aromatic carbocycles. The average Bonchev–Trinajstić information content (AvgIpc) is 2.53. The zero-order chi connectivity index (χ0) is 14.1. The number of carboxylic acid groups (broad SMARTS) is 1. The summed E-state index contributed by atoms with van der Waals surface area (Å²) >= 11 is 0. The lowest BCUT2D eigenvalue weighted by atomic mass is 9.65. The summed E-state index contributed by atoms with van der Waals surface area (Å²) in [4.78, 5) is 25.6. The van der Waals surface area contributed by atoms with Gasteiger partial charge >= 0.3 is 0 Å². The minimum absolute atomic E-state index is 0.0787. The van der Waals surface area contributed by atoms with Crippen LogP contribution < -0.4 is 5.11 Å². The highest BCUT2D eigenvalue weighted by Gasteiger charge is 2.55. The van der Waals surface area contributed by atoms with Crippen LogP contribution in [0.5, 0.6) is 0 Å². The van der Waals surface area contributed by atoms with Crippen LogP contribution in [0, 0.1) is 16.7 Å². The van der Waals surface area contributed by atoms with E-state index in [1.165, 1.54) is 0 Å². The first-order chi connectivity index (χ1) is 8.22. The van der Waals surface area contributed by atoms with E-state index in [1.54, 1.807) is 11.8 Å². The van der Waals surface area contributed by atoms with Crippen LogP contribution in [0.2, 0.25) is 0 Å². The lowest BCUT2D eigenvalue weighted by Gasteiger charge is -2.42. The van der Waals surface area contributed by atoms with Gasteiger partial charge < -0.3 is 14.8 Å². The van der Waals surface area contributed by atoms with Gasteiger partial charge in [-0.1, -0.05) is 20.8 Å². The van der Waals surface area contributed by atoms with Crippen LogP contribution in [0.4, 0.5) is 0 Å². The maximum atomic E-state index is 12.4. The lowest BCUT2D eigenvalue weighted by molar-refractivity contribution is -0.323. The smallest absolute Gasteiger partial charge is 0.226 e. The lowest BCUT2D eigenvalue weighted by Crippen LogP contribution is -2.51. The molecular weight excluding hydrogens is 230 g/mol. The molecule has 18 heavy (non-hydrogen) atoms. The Hall–Kier alpha value is -1.06. The Morgan fingerprint density at radius 1 is 1.22 bits per heavy atom. The highest BCUT2D eigenvalue weighted by Crippen LogP contribution is 2.56. The van der Waals surface area contributed by atoms with Gasteiger partial charge in [0.05, 0.1) is 0 Å². The minimum Gasteiger partial charge on any atom is -0.550 e. The summed E-state index contributed by atoms with van der Waals surface area (Å²) in [5.41, 5.74) is -1.48. The van der Waals surface area contributed by atoms with Crippen LogP contribution >= 0.6 is 0 Å². The third-order valence-corrected chi connectivity index (χ3v) is 5.05. The van der Waals surface area contributed by atoms with Gasteiger partial charge in [-0.05, 0) is 32.1 Å². The molecule has 0 aliphatic heterocycles. The van der Waals surface area contributed by atoms with Crippen molar-refractivity contribution in [3.05, 3.63) is 0 Å². The average molecular weight is 254 g/mol. The van der Waals surface area contributed by atoms with E-state index < -0.39 is 16.8 Å². The van der Waals surface area contributed by atoms with E-state index in [-0.39, 0.29) is 11.8 Å². The summed E-state index contributed by atoms with van der Waals surface area (Å²) in [6.07, 6.45) is 1.15. The first-order valence-corrected chi connectivity index (χ1v) is 6.72. The molecule has 0 aromatic rings. The van der Waals surface area contributed by atoms with Crippen LogP contribution in [-0.2, 0) is 9.59 Å². The second-order valence-corrected chi connectivity index (χ2v) is 5.94. The van der Waals surface area contributed by atoms with E-state index in [0.717, 1.165) is 0 Å². The number of carbonyl (C=O) groups is 2. The molecule has 0 unspecified atom stereocenters. The van der Waals surface area contributed by atoms with Gasteiger partial charge in [0.15, 0.2) is 0 Å². The third-order valence-electron chi connectivity index (χ3n) is 5.05. The molecule has 1 fully saturated rings. The summed E-state index contributed by atoms with van der Waals surface area (Å²) in [7, 11) is 0. The molecule has 4 nitrogen and oxygen atoms in total. The minimum atomic E-state index is -1.04. The summed E-state index contributed by atoms with van der Waals surface area (Å²) in [6.45, 7) is 10.7. The van der Waals surface area contributed by atoms with Gasteiger partial charge in [0.25, 0.3) is 0 Å². The number of hydrogen-bond donors (Lipinski definition) is 0. The number of carboxylic acids is 1. The Morgan fingerprint density at radius 2 is 1.72 bits per heavy atom. The van der Waals surface area contributed by atoms with Crippen LogP contribution in [0.3, 0.4) is 0 Å². The summed E-state index contributed by atoms with van der Waals surface area (Å²) in [5, 5.41) is 11.4. The van der Waals surface area contributed by atoms with Crippen molar-refractivity contribution >= 4 is 11.9 Å². The Bertz CT molecular complexity index is 347. The number of nitrogens with zero attached hydrogens (tertiary/aromatic N) is 1. The zero-order valence-electron chi connectivity index (χ0n) is 12.1. The van der Waals surface area contributed by atoms with Crippen LogP contribution in [-0.4, -0.2) is 29.9 Å². The van der Waals surface area contributed by atoms with E-state index in [2.05, 4.69) is 0 Å². The van der Waals surface area contributed by atoms with Crippen molar-refractivity contribution in [3.63, 3.8) is 0 Å². The molecule has 0 radical (unpaired) electrons. The predicted octanol–water partition coefficient (Wildman–Crippen LogP) is 1.05. The predicted molar refractivity (Wildman–Crippen MR) is 67.5 cm³/mol. The number of hydrogen-bond acceptors (Lipinski definition) is 3. The van der Waals surface area contributed by atoms with E-state index >= 15 is 0 Å². The largest absolute Gasteiger partial charge is 0.550 e. The molecule has 0 saturated heterocycles. The van der Waals surface area contributed by atoms with Gasteiger partial charge in [-0.15, -0.1) is 0 Å². The topological polar surface area (TPSA) is 60.4 Å². The van der Waals surface area contributed by atoms with Gasteiger partial charge in [0.2, 0.25) is 5.91 Å². The summed E-state index contributed by atoms with van der Waals surface area (Å²) in [6, 6.07) is 0. The molecule has 0 N–H and O–H groups in total. The molecular formula is C14H24NO3-. The van der Waals surface area contributed by atoms with Crippen molar-refractivity contribution in [1.29, 1.82) is 0 Å². The van der Waals surface area contributed by atoms with Crippen LogP contribution in [0.1, 0.15) is 47.5 Å². The fourth-order valence-corrected chi connectivity index (χ4v) is 3.05. The summed E-state index contributed by atoms with van der Waals surface area (Å²) < 4.78 is 0. The van der Waals surface area contributed by atoms with E-state index in [0.29, 0.717) is 25.9 Å². The fourth-order valence-electron chi connectivity index (χ4n) is 3.05. The van der Waals surface area contributed by atoms with Gasteiger partial charge in [-0.2, -0.15) is 0 Å². The zero-order valence-corrected chi connectivity index (χ0v) is 12.1. The number of carbonyl (C=O) groups excluding carboxylic acids is 2. The number of rotatable bonds is 4. The third kappa shape index (κ3) is 2.02. The second kappa shape index (κ2) is 4.90. The molecule has 2 atom stereocenters. The van der Waals surface area contributed by atoms with E-state index in [1.807, 2.05) is 27.7 Å². The molecule has 4 heteroatoms. The van der Waals surface area contributed by atoms with Gasteiger partial charge in [0.1, 0.15) is 0 Å². The molecule has 1 aliphatic rings. The molecule has 0 spiro atoms. The fraction of sp³-hybridized carbons (Fsp3) is 0.857. The second-order valence-electron chi connectivity index (χ2n) is 5.94. The molecule has 1 rings (SSSR count). The van der Waals surface area contributed by atoms with Crippen molar-refractivity contribution in [2.45, 2.75) is 47.5 Å². The quantitative estimate of drug-likeness (QED) is 0.753. The standard InChI is InChI=1S/C14H25NO3/c1-6-15(7-2)11(16)10-8-9-14(5,12(17)18)13(10,3)4/h10H,6-9H2,1-5H3,(H,17,18)/p-1/t10-,14+/m0/s1. The van der Waals surface area contributed by atoms with Crippen molar-refractivity contribution < 1.29 is 14.7 Å². The normalized spacial score (nSPS) is 30.2. The maximum Gasteiger partial charge on any atom is 0.226 e. The molecule has 0 bridgehead atoms. The molecule has 1 aliphatic carbocycles. The Balaban J connectivity index is 3.02. The van der Waals surface area contributed by atoms with E-state index in [9.17, 15) is 14.7 Å². The molecule has 0 aromatic heterocycles. The number of amides is 1. The SMILES string of the molecule is CCN(CC)C(=O)[C@@H]1CC[C@](C)(C(=O)[O-])C1(C)C. The first-order valence-electron chi connectivity index (χ1n) is 6.72. The molecule has 1 saturated carbocycles. The maximum absolute atomic E-state index is 12.4. The Kier molecular flexibility index (Phi) is 4.08. The van der Waals surface area contributed by atoms with Crippen molar-refractivity contribution in [2.75, 3.05) is 13.1 Å². The van der Waals surface area contributed by atoms with Gasteiger partial charge in [-0.25, -0.2) is 0 Å². The van der Waals surface area contributed by atoms with Gasteiger partial charge in [0, 0.05) is 30.4 Å².